The molecule has 2 aromatic rings. The number of sulfone groups is 1. The minimum atomic E-state index is -3.53. The van der Waals surface area contributed by atoms with Crippen molar-refractivity contribution < 1.29 is 8.42 Å². The Balaban J connectivity index is 2.44. The first-order chi connectivity index (χ1) is 9.07. The van der Waals surface area contributed by atoms with Gasteiger partial charge in [-0.05, 0) is 36.4 Å². The van der Waals surface area contributed by atoms with Crippen molar-refractivity contribution in [3.63, 3.8) is 0 Å². The van der Waals surface area contributed by atoms with Crippen LogP contribution in [0.5, 0.6) is 0 Å². The second-order valence-electron chi connectivity index (χ2n) is 4.15. The Morgan fingerprint density at radius 3 is 1.58 bits per heavy atom. The zero-order valence-electron chi connectivity index (χ0n) is 9.58. The summed E-state index contributed by atoms with van der Waals surface area (Å²) in [6, 6.07) is 12.9. The fraction of sp³-hybridized carbons (Fsp3) is 0. The first kappa shape index (κ1) is 11.5. The van der Waals surface area contributed by atoms with Crippen LogP contribution in [0.15, 0.2) is 46.2 Å². The van der Waals surface area contributed by atoms with Crippen LogP contribution in [0.1, 0.15) is 11.1 Å². The van der Waals surface area contributed by atoms with Crippen LogP contribution in [0, 0.1) is 22.7 Å². The Morgan fingerprint density at radius 1 is 0.789 bits per heavy atom. The van der Waals surface area contributed by atoms with Gasteiger partial charge in [-0.3, -0.25) is 0 Å². The SMILES string of the molecule is N#Cc1ccc2c(c1)-c1cc(C#N)ccc1S2(=O)=O. The Bertz CT molecular complexity index is 831. The van der Waals surface area contributed by atoms with Gasteiger partial charge in [0.15, 0.2) is 0 Å². The number of hydrogen-bond acceptors (Lipinski definition) is 4. The molecule has 0 spiro atoms. The second-order valence-corrected chi connectivity index (χ2v) is 6.04. The van der Waals surface area contributed by atoms with Gasteiger partial charge in [-0.15, -0.1) is 0 Å². The number of nitriles is 2. The fourth-order valence-corrected chi connectivity index (χ4v) is 3.86. The normalized spacial score (nSPS) is 14.0. The number of fused-ring (bicyclic) bond motifs is 3. The maximum atomic E-state index is 12.3. The van der Waals surface area contributed by atoms with Gasteiger partial charge in [-0.1, -0.05) is 0 Å². The van der Waals surface area contributed by atoms with Crippen molar-refractivity contribution in [3.05, 3.63) is 47.5 Å². The largest absolute Gasteiger partial charge is 0.218 e. The zero-order valence-corrected chi connectivity index (χ0v) is 10.4. The molecule has 0 aliphatic carbocycles. The Kier molecular flexibility index (Phi) is 2.22. The van der Waals surface area contributed by atoms with E-state index in [0.717, 1.165) is 0 Å². The first-order valence-electron chi connectivity index (χ1n) is 5.41. The van der Waals surface area contributed by atoms with Crippen LogP contribution >= 0.6 is 0 Å². The highest BCUT2D eigenvalue weighted by Gasteiger charge is 2.33. The van der Waals surface area contributed by atoms with E-state index in [0.29, 0.717) is 22.3 Å². The maximum Gasteiger partial charge on any atom is 0.207 e. The summed E-state index contributed by atoms with van der Waals surface area (Å²) < 4.78 is 24.6. The van der Waals surface area contributed by atoms with Crippen molar-refractivity contribution in [3.8, 4) is 23.3 Å². The van der Waals surface area contributed by atoms with E-state index in [4.69, 9.17) is 10.5 Å². The molecular formula is C14H6N2O2S. The summed E-state index contributed by atoms with van der Waals surface area (Å²) in [5.41, 5.74) is 1.77. The van der Waals surface area contributed by atoms with Gasteiger partial charge in [0.1, 0.15) is 0 Å². The van der Waals surface area contributed by atoms with Gasteiger partial charge in [-0.25, -0.2) is 8.42 Å². The van der Waals surface area contributed by atoms with Crippen LogP contribution < -0.4 is 0 Å². The molecule has 0 amide bonds. The number of benzene rings is 2. The van der Waals surface area contributed by atoms with E-state index >= 15 is 0 Å². The molecule has 4 nitrogen and oxygen atoms in total. The average molecular weight is 266 g/mol. The molecule has 1 heterocycles. The third-order valence-corrected chi connectivity index (χ3v) is 4.96. The zero-order chi connectivity index (χ0) is 13.6. The summed E-state index contributed by atoms with van der Waals surface area (Å²) in [6.07, 6.45) is 0. The van der Waals surface area contributed by atoms with Gasteiger partial charge in [-0.2, -0.15) is 10.5 Å². The van der Waals surface area contributed by atoms with Crippen molar-refractivity contribution in [1.82, 2.24) is 0 Å². The molecule has 0 radical (unpaired) electrons. The fourth-order valence-electron chi connectivity index (χ4n) is 2.21. The van der Waals surface area contributed by atoms with Crippen LogP contribution in [-0.2, 0) is 9.84 Å². The highest BCUT2D eigenvalue weighted by atomic mass is 32.2. The standard InChI is InChI=1S/C14H6N2O2S/c15-7-9-1-3-13-11(5-9)12-6-10(8-16)2-4-14(12)19(13,17)18/h1-6H. The van der Waals surface area contributed by atoms with E-state index in [9.17, 15) is 8.42 Å². The van der Waals surface area contributed by atoms with Crippen LogP contribution in [0.2, 0.25) is 0 Å². The van der Waals surface area contributed by atoms with E-state index in [1.165, 1.54) is 24.3 Å². The van der Waals surface area contributed by atoms with Gasteiger partial charge < -0.3 is 0 Å². The lowest BCUT2D eigenvalue weighted by molar-refractivity contribution is 0.598. The van der Waals surface area contributed by atoms with Crippen molar-refractivity contribution in [2.45, 2.75) is 9.79 Å². The van der Waals surface area contributed by atoms with Crippen molar-refractivity contribution in [2.24, 2.45) is 0 Å². The molecule has 0 aromatic heterocycles. The summed E-state index contributed by atoms with van der Waals surface area (Å²) in [5, 5.41) is 17.8. The summed E-state index contributed by atoms with van der Waals surface area (Å²) in [6.45, 7) is 0. The lowest BCUT2D eigenvalue weighted by Gasteiger charge is -1.99. The summed E-state index contributed by atoms with van der Waals surface area (Å²) in [5.74, 6) is 0. The molecule has 3 rings (SSSR count). The molecule has 90 valence electrons. The summed E-state index contributed by atoms with van der Waals surface area (Å²) in [4.78, 5) is 0.383. The molecule has 1 aliphatic rings. The number of nitrogens with zero attached hydrogens (tertiary/aromatic N) is 2. The van der Waals surface area contributed by atoms with Crippen molar-refractivity contribution in [1.29, 1.82) is 10.5 Å². The van der Waals surface area contributed by atoms with E-state index < -0.39 is 9.84 Å². The van der Waals surface area contributed by atoms with Gasteiger partial charge >= 0.3 is 0 Å². The van der Waals surface area contributed by atoms with E-state index in [2.05, 4.69) is 0 Å². The van der Waals surface area contributed by atoms with Gasteiger partial charge in [0, 0.05) is 11.1 Å². The summed E-state index contributed by atoms with van der Waals surface area (Å²) >= 11 is 0. The molecule has 0 atom stereocenters. The van der Waals surface area contributed by atoms with Crippen molar-refractivity contribution >= 4 is 9.84 Å². The van der Waals surface area contributed by atoms with Crippen LogP contribution in [0.4, 0.5) is 0 Å². The molecule has 0 fully saturated rings. The molecule has 1 aliphatic heterocycles. The predicted octanol–water partition coefficient (Wildman–Crippen LogP) is 2.24. The molecule has 0 saturated carbocycles. The maximum absolute atomic E-state index is 12.3. The van der Waals surface area contributed by atoms with Gasteiger partial charge in [0.25, 0.3) is 0 Å². The van der Waals surface area contributed by atoms with Crippen LogP contribution in [-0.4, -0.2) is 8.42 Å². The Morgan fingerprint density at radius 2 is 1.21 bits per heavy atom. The molecule has 0 unspecified atom stereocenters. The van der Waals surface area contributed by atoms with Crippen LogP contribution in [0.3, 0.4) is 0 Å². The Hall–Kier alpha value is -2.63. The topological polar surface area (TPSA) is 81.7 Å². The first-order valence-corrected chi connectivity index (χ1v) is 6.90. The molecular weight excluding hydrogens is 260 g/mol. The minimum Gasteiger partial charge on any atom is -0.218 e. The minimum absolute atomic E-state index is 0.191. The molecule has 5 heteroatoms. The quantitative estimate of drug-likeness (QED) is 0.624. The van der Waals surface area contributed by atoms with Crippen molar-refractivity contribution in [2.75, 3.05) is 0 Å². The monoisotopic (exact) mass is 266 g/mol. The van der Waals surface area contributed by atoms with Gasteiger partial charge in [0.05, 0.1) is 33.1 Å². The highest BCUT2D eigenvalue weighted by Crippen LogP contribution is 2.43. The highest BCUT2D eigenvalue weighted by molar-refractivity contribution is 7.92. The van der Waals surface area contributed by atoms with E-state index in [-0.39, 0.29) is 9.79 Å². The lowest BCUT2D eigenvalue weighted by atomic mass is 10.0. The second kappa shape index (κ2) is 3.68. The number of hydrogen-bond donors (Lipinski definition) is 0. The van der Waals surface area contributed by atoms with E-state index in [1.807, 2.05) is 12.1 Å². The van der Waals surface area contributed by atoms with Gasteiger partial charge in [0.2, 0.25) is 9.84 Å². The average Bonchev–Trinajstić information content (AvgIpc) is 2.66. The third kappa shape index (κ3) is 1.46. The molecule has 0 saturated heterocycles. The molecule has 2 aromatic carbocycles. The third-order valence-electron chi connectivity index (χ3n) is 3.09. The number of rotatable bonds is 0. The van der Waals surface area contributed by atoms with Crippen LogP contribution in [0.25, 0.3) is 11.1 Å². The van der Waals surface area contributed by atoms with E-state index in [1.54, 1.807) is 12.1 Å². The smallest absolute Gasteiger partial charge is 0.207 e. The molecule has 0 N–H and O–H groups in total. The molecule has 19 heavy (non-hydrogen) atoms. The lowest BCUT2D eigenvalue weighted by Crippen LogP contribution is -1.96. The Labute approximate surface area is 110 Å². The predicted molar refractivity (Wildman–Crippen MR) is 66.8 cm³/mol. The molecule has 0 bridgehead atoms. The summed E-state index contributed by atoms with van der Waals surface area (Å²) in [7, 11) is -3.53.